The molecule has 5 N–H and O–H groups in total. The molecule has 3 aromatic rings. The number of carbonyl (C=O) groups excluding carboxylic acids is 1. The first-order valence-electron chi connectivity index (χ1n) is 9.87. The zero-order chi connectivity index (χ0) is 23.6. The third-order valence-corrected chi connectivity index (χ3v) is 4.82. The molecule has 1 aliphatic rings. The molecule has 0 aliphatic carbocycles. The number of aliphatic hydroxyl groups excluding tert-OH is 1. The fraction of sp³-hybridized carbons (Fsp3) is 0.238. The fourth-order valence-corrected chi connectivity index (χ4v) is 3.13. The number of ether oxygens (including phenoxy) is 1. The van der Waals surface area contributed by atoms with Gasteiger partial charge >= 0.3 is 6.18 Å². The SMILES string of the molecule is NC(O)c1cc(NC2CCNC2=O)nc(-c2ccc(Oc3ccc(C(F)(F)F)cn3)cc2)n1. The lowest BCUT2D eigenvalue weighted by Gasteiger charge is -2.14. The summed E-state index contributed by atoms with van der Waals surface area (Å²) in [7, 11) is 0. The van der Waals surface area contributed by atoms with Gasteiger partial charge in [0.1, 0.15) is 23.8 Å². The molecule has 1 aliphatic heterocycles. The monoisotopic (exact) mass is 460 g/mol. The van der Waals surface area contributed by atoms with Crippen LogP contribution in [0.15, 0.2) is 48.7 Å². The Bertz CT molecular complexity index is 1140. The van der Waals surface area contributed by atoms with Gasteiger partial charge in [-0.1, -0.05) is 0 Å². The Hall–Kier alpha value is -3.77. The average Bonchev–Trinajstić information content (AvgIpc) is 3.18. The van der Waals surface area contributed by atoms with Gasteiger partial charge in [0.05, 0.1) is 11.3 Å². The molecule has 1 fully saturated rings. The molecular formula is C21H19F3N6O3. The lowest BCUT2D eigenvalue weighted by Crippen LogP contribution is -2.30. The van der Waals surface area contributed by atoms with Crippen LogP contribution < -0.4 is 21.1 Å². The Balaban J connectivity index is 1.53. The van der Waals surface area contributed by atoms with E-state index in [0.29, 0.717) is 36.3 Å². The number of nitrogens with two attached hydrogens (primary N) is 1. The minimum absolute atomic E-state index is 0.00146. The maximum atomic E-state index is 12.7. The van der Waals surface area contributed by atoms with Crippen molar-refractivity contribution in [1.82, 2.24) is 20.3 Å². The quantitative estimate of drug-likeness (QED) is 0.412. The lowest BCUT2D eigenvalue weighted by molar-refractivity contribution is -0.137. The highest BCUT2D eigenvalue weighted by Crippen LogP contribution is 2.30. The number of alkyl halides is 3. The number of benzene rings is 1. The van der Waals surface area contributed by atoms with Crippen LogP contribution in [-0.2, 0) is 11.0 Å². The Kier molecular flexibility index (Phi) is 6.11. The molecule has 4 rings (SSSR count). The number of nitrogens with one attached hydrogen (secondary N) is 2. The van der Waals surface area contributed by atoms with E-state index in [-0.39, 0.29) is 23.3 Å². The van der Waals surface area contributed by atoms with Crippen molar-refractivity contribution in [2.75, 3.05) is 11.9 Å². The summed E-state index contributed by atoms with van der Waals surface area (Å²) in [6, 6.07) is 9.43. The molecule has 1 saturated heterocycles. The molecule has 2 unspecified atom stereocenters. The topological polar surface area (TPSA) is 135 Å². The third kappa shape index (κ3) is 5.35. The molecule has 0 saturated carbocycles. The van der Waals surface area contributed by atoms with E-state index in [9.17, 15) is 23.1 Å². The van der Waals surface area contributed by atoms with Crippen molar-refractivity contribution in [3.63, 3.8) is 0 Å². The summed E-state index contributed by atoms with van der Waals surface area (Å²) in [5.41, 5.74) is 5.42. The number of anilines is 1. The summed E-state index contributed by atoms with van der Waals surface area (Å²) in [6.45, 7) is 0.552. The third-order valence-electron chi connectivity index (χ3n) is 4.82. The van der Waals surface area contributed by atoms with Gasteiger partial charge < -0.3 is 26.2 Å². The highest BCUT2D eigenvalue weighted by atomic mass is 19.4. The van der Waals surface area contributed by atoms with Crippen molar-refractivity contribution in [1.29, 1.82) is 0 Å². The van der Waals surface area contributed by atoms with Crippen LogP contribution in [0.5, 0.6) is 11.6 Å². The first-order valence-corrected chi connectivity index (χ1v) is 9.87. The lowest BCUT2D eigenvalue weighted by atomic mass is 10.2. The van der Waals surface area contributed by atoms with Crippen molar-refractivity contribution >= 4 is 11.7 Å². The smallest absolute Gasteiger partial charge is 0.417 e. The maximum absolute atomic E-state index is 12.7. The number of carbonyl (C=O) groups is 1. The fourth-order valence-electron chi connectivity index (χ4n) is 3.13. The molecular weight excluding hydrogens is 441 g/mol. The van der Waals surface area contributed by atoms with Gasteiger partial charge in [-0.25, -0.2) is 15.0 Å². The van der Waals surface area contributed by atoms with E-state index >= 15 is 0 Å². The molecule has 0 bridgehead atoms. The molecule has 0 spiro atoms. The molecule has 0 radical (unpaired) electrons. The molecule has 1 amide bonds. The Morgan fingerprint density at radius 3 is 2.52 bits per heavy atom. The van der Waals surface area contributed by atoms with Crippen LogP contribution in [0.1, 0.15) is 23.9 Å². The number of rotatable bonds is 6. The van der Waals surface area contributed by atoms with Crippen molar-refractivity contribution in [3.8, 4) is 23.0 Å². The Morgan fingerprint density at radius 2 is 1.94 bits per heavy atom. The molecule has 12 heteroatoms. The van der Waals surface area contributed by atoms with E-state index in [1.54, 1.807) is 24.3 Å². The van der Waals surface area contributed by atoms with Crippen LogP contribution >= 0.6 is 0 Å². The summed E-state index contributed by atoms with van der Waals surface area (Å²) < 4.78 is 43.4. The van der Waals surface area contributed by atoms with Crippen LogP contribution in [0.2, 0.25) is 0 Å². The van der Waals surface area contributed by atoms with E-state index in [1.807, 2.05) is 0 Å². The van der Waals surface area contributed by atoms with Gasteiger partial charge in [-0.2, -0.15) is 13.2 Å². The molecule has 2 atom stereocenters. The molecule has 172 valence electrons. The average molecular weight is 460 g/mol. The van der Waals surface area contributed by atoms with E-state index in [2.05, 4.69) is 25.6 Å². The summed E-state index contributed by atoms with van der Waals surface area (Å²) in [6.07, 6.45) is -4.55. The minimum Gasteiger partial charge on any atom is -0.439 e. The second kappa shape index (κ2) is 9.00. The Labute approximate surface area is 185 Å². The normalized spacial score (nSPS) is 16.9. The number of aromatic nitrogens is 3. The minimum atomic E-state index is -4.48. The van der Waals surface area contributed by atoms with Gasteiger partial charge in [-0.05, 0) is 36.8 Å². The predicted octanol–water partition coefficient (Wildman–Crippen LogP) is 2.60. The first kappa shape index (κ1) is 22.4. The van der Waals surface area contributed by atoms with E-state index < -0.39 is 24.0 Å². The van der Waals surface area contributed by atoms with Crippen LogP contribution in [0.3, 0.4) is 0 Å². The number of aliphatic hydroxyl groups is 1. The number of hydrogen-bond donors (Lipinski definition) is 4. The van der Waals surface area contributed by atoms with Gasteiger partial charge in [0.25, 0.3) is 0 Å². The van der Waals surface area contributed by atoms with E-state index in [0.717, 1.165) is 12.1 Å². The van der Waals surface area contributed by atoms with Gasteiger partial charge in [-0.3, -0.25) is 4.79 Å². The van der Waals surface area contributed by atoms with Crippen LogP contribution in [-0.4, -0.2) is 38.6 Å². The van der Waals surface area contributed by atoms with Crippen molar-refractivity contribution in [3.05, 3.63) is 59.9 Å². The zero-order valence-electron chi connectivity index (χ0n) is 17.0. The van der Waals surface area contributed by atoms with Crippen LogP contribution in [0.4, 0.5) is 19.0 Å². The molecule has 1 aromatic carbocycles. The van der Waals surface area contributed by atoms with Gasteiger partial charge in [0.15, 0.2) is 5.82 Å². The summed E-state index contributed by atoms with van der Waals surface area (Å²) in [4.78, 5) is 24.2. The maximum Gasteiger partial charge on any atom is 0.417 e. The highest BCUT2D eigenvalue weighted by Gasteiger charge is 2.30. The number of nitrogens with zero attached hydrogens (tertiary/aromatic N) is 3. The van der Waals surface area contributed by atoms with Gasteiger partial charge in [0.2, 0.25) is 11.8 Å². The number of hydrogen-bond acceptors (Lipinski definition) is 8. The Morgan fingerprint density at radius 1 is 1.18 bits per heavy atom. The standard InChI is InChI=1S/C21H19F3N6O3/c22-21(23,24)12-3-6-17(27-10-12)33-13-4-1-11(2-5-13)19-29-15(18(25)31)9-16(30-19)28-14-7-8-26-20(14)32/h1-6,9-10,14,18,31H,7-8,25H2,(H,26,32)(H,28,29,30). The second-order valence-electron chi connectivity index (χ2n) is 7.23. The summed E-state index contributed by atoms with van der Waals surface area (Å²) in [5.74, 6) is 0.764. The van der Waals surface area contributed by atoms with Crippen LogP contribution in [0.25, 0.3) is 11.4 Å². The first-order chi connectivity index (χ1) is 15.7. The van der Waals surface area contributed by atoms with Gasteiger partial charge in [-0.15, -0.1) is 0 Å². The number of amides is 1. The number of halogens is 3. The zero-order valence-corrected chi connectivity index (χ0v) is 17.0. The molecule has 9 nitrogen and oxygen atoms in total. The summed E-state index contributed by atoms with van der Waals surface area (Å²) >= 11 is 0. The molecule has 3 heterocycles. The van der Waals surface area contributed by atoms with Crippen molar-refractivity contribution in [2.24, 2.45) is 5.73 Å². The number of pyridine rings is 1. The molecule has 2 aromatic heterocycles. The van der Waals surface area contributed by atoms with E-state index in [4.69, 9.17) is 10.5 Å². The van der Waals surface area contributed by atoms with Crippen molar-refractivity contribution in [2.45, 2.75) is 24.9 Å². The summed E-state index contributed by atoms with van der Waals surface area (Å²) in [5, 5.41) is 15.5. The van der Waals surface area contributed by atoms with Gasteiger partial charge in [0, 0.05) is 30.4 Å². The van der Waals surface area contributed by atoms with Crippen molar-refractivity contribution < 1.29 is 27.8 Å². The largest absolute Gasteiger partial charge is 0.439 e. The van der Waals surface area contributed by atoms with E-state index in [1.165, 1.54) is 6.07 Å². The molecule has 33 heavy (non-hydrogen) atoms. The second-order valence-corrected chi connectivity index (χ2v) is 7.23. The predicted molar refractivity (Wildman–Crippen MR) is 111 cm³/mol. The highest BCUT2D eigenvalue weighted by molar-refractivity contribution is 5.86. The van der Waals surface area contributed by atoms with Crippen LogP contribution in [0, 0.1) is 0 Å².